The summed E-state index contributed by atoms with van der Waals surface area (Å²) in [6.45, 7) is 7.85. The number of unbranched alkanes of at least 4 members (excludes halogenated alkanes) is 14. The van der Waals surface area contributed by atoms with E-state index in [0.717, 1.165) is 25.7 Å². The van der Waals surface area contributed by atoms with E-state index in [2.05, 4.69) is 13.8 Å². The minimum atomic E-state index is 0.339. The molecule has 0 aromatic rings. The van der Waals surface area contributed by atoms with E-state index in [1.54, 1.807) is 13.8 Å². The molecular formula is C24H48O2. The lowest BCUT2D eigenvalue weighted by atomic mass is 10.1. The second kappa shape index (κ2) is 24.3. The van der Waals surface area contributed by atoms with Gasteiger partial charge in [0.05, 0.1) is 0 Å². The largest absolute Gasteiger partial charge is 0.300 e. The average molecular weight is 369 g/mol. The van der Waals surface area contributed by atoms with E-state index in [-0.39, 0.29) is 0 Å². The molecule has 2 heteroatoms. The molecule has 0 unspecified atom stereocenters. The fourth-order valence-corrected chi connectivity index (χ4v) is 3.02. The molecule has 0 atom stereocenters. The van der Waals surface area contributed by atoms with Crippen molar-refractivity contribution in [2.75, 3.05) is 0 Å². The smallest absolute Gasteiger partial charge is 0.129 e. The van der Waals surface area contributed by atoms with Gasteiger partial charge in [-0.05, 0) is 26.7 Å². The van der Waals surface area contributed by atoms with Gasteiger partial charge in [-0.1, -0.05) is 104 Å². The van der Waals surface area contributed by atoms with E-state index in [4.69, 9.17) is 0 Å². The highest BCUT2D eigenvalue weighted by molar-refractivity contribution is 5.75. The average Bonchev–Trinajstić information content (AvgIpc) is 2.60. The zero-order valence-corrected chi connectivity index (χ0v) is 18.5. The van der Waals surface area contributed by atoms with Crippen LogP contribution in [0.5, 0.6) is 0 Å². The number of rotatable bonds is 18. The molecule has 26 heavy (non-hydrogen) atoms. The Labute approximate surface area is 164 Å². The maximum absolute atomic E-state index is 10.6. The van der Waals surface area contributed by atoms with Gasteiger partial charge in [0, 0.05) is 12.8 Å². The number of Topliss-reactive ketones (excluding diaryl/α,β-unsaturated/α-hetero) is 2. The first-order valence-corrected chi connectivity index (χ1v) is 11.5. The van der Waals surface area contributed by atoms with E-state index >= 15 is 0 Å². The first-order valence-electron chi connectivity index (χ1n) is 11.5. The van der Waals surface area contributed by atoms with Crippen molar-refractivity contribution >= 4 is 11.6 Å². The third-order valence-electron chi connectivity index (χ3n) is 4.76. The first-order chi connectivity index (χ1) is 12.5. The number of hydrogen-bond donors (Lipinski definition) is 0. The molecule has 0 heterocycles. The van der Waals surface area contributed by atoms with Crippen molar-refractivity contribution in [3.05, 3.63) is 0 Å². The highest BCUT2D eigenvalue weighted by Gasteiger charge is 1.95. The lowest BCUT2D eigenvalue weighted by Gasteiger charge is -1.99. The molecule has 0 saturated heterocycles. The van der Waals surface area contributed by atoms with Gasteiger partial charge in [0.25, 0.3) is 0 Å². The van der Waals surface area contributed by atoms with Crippen LogP contribution in [0.25, 0.3) is 0 Å². The molecule has 0 aliphatic carbocycles. The van der Waals surface area contributed by atoms with Crippen LogP contribution >= 0.6 is 0 Å². The molecule has 0 spiro atoms. The summed E-state index contributed by atoms with van der Waals surface area (Å²) in [6, 6.07) is 0. The van der Waals surface area contributed by atoms with Crippen molar-refractivity contribution in [3.63, 3.8) is 0 Å². The third kappa shape index (κ3) is 31.1. The van der Waals surface area contributed by atoms with Gasteiger partial charge in [0.1, 0.15) is 11.6 Å². The molecule has 0 fully saturated rings. The Morgan fingerprint density at radius 3 is 0.885 bits per heavy atom. The monoisotopic (exact) mass is 368 g/mol. The van der Waals surface area contributed by atoms with Crippen LogP contribution in [-0.2, 0) is 9.59 Å². The minimum Gasteiger partial charge on any atom is -0.300 e. The van der Waals surface area contributed by atoms with Crippen LogP contribution in [0.4, 0.5) is 0 Å². The van der Waals surface area contributed by atoms with Gasteiger partial charge in [-0.2, -0.15) is 0 Å². The molecule has 0 amide bonds. The van der Waals surface area contributed by atoms with Crippen LogP contribution in [0.1, 0.15) is 143 Å². The second-order valence-electron chi connectivity index (χ2n) is 7.85. The van der Waals surface area contributed by atoms with Gasteiger partial charge in [-0.15, -0.1) is 0 Å². The number of ketones is 2. The van der Waals surface area contributed by atoms with Gasteiger partial charge < -0.3 is 9.59 Å². The van der Waals surface area contributed by atoms with Crippen LogP contribution < -0.4 is 0 Å². The standard InChI is InChI=1S/2C12H24O/c2*1-3-4-5-6-7-8-9-10-11-12(2)13/h2*3-11H2,1-2H3. The summed E-state index contributed by atoms with van der Waals surface area (Å²) >= 11 is 0. The lowest BCUT2D eigenvalue weighted by molar-refractivity contribution is -0.117. The first kappa shape index (κ1) is 27.6. The molecule has 0 N–H and O–H groups in total. The van der Waals surface area contributed by atoms with Crippen molar-refractivity contribution in [1.82, 2.24) is 0 Å². The van der Waals surface area contributed by atoms with Gasteiger partial charge in [-0.25, -0.2) is 0 Å². The Balaban J connectivity index is 0. The predicted molar refractivity (Wildman–Crippen MR) is 116 cm³/mol. The van der Waals surface area contributed by atoms with Crippen LogP contribution in [0.3, 0.4) is 0 Å². The Morgan fingerprint density at radius 1 is 0.423 bits per heavy atom. The lowest BCUT2D eigenvalue weighted by Crippen LogP contribution is -1.89. The molecule has 0 aliphatic heterocycles. The summed E-state index contributed by atoms with van der Waals surface area (Å²) in [7, 11) is 0. The summed E-state index contributed by atoms with van der Waals surface area (Å²) in [5.74, 6) is 0.678. The molecule has 0 radical (unpaired) electrons. The summed E-state index contributed by atoms with van der Waals surface area (Å²) < 4.78 is 0. The maximum Gasteiger partial charge on any atom is 0.129 e. The molecule has 0 aromatic heterocycles. The van der Waals surface area contributed by atoms with E-state index in [0.29, 0.717) is 11.6 Å². The van der Waals surface area contributed by atoms with Crippen molar-refractivity contribution < 1.29 is 9.59 Å². The molecule has 0 rings (SSSR count). The van der Waals surface area contributed by atoms with Gasteiger partial charge >= 0.3 is 0 Å². The molecular weight excluding hydrogens is 320 g/mol. The van der Waals surface area contributed by atoms with Crippen LogP contribution in [0, 0.1) is 0 Å². The quantitative estimate of drug-likeness (QED) is 0.228. The fourth-order valence-electron chi connectivity index (χ4n) is 3.02. The van der Waals surface area contributed by atoms with Crippen molar-refractivity contribution in [2.24, 2.45) is 0 Å². The van der Waals surface area contributed by atoms with Crippen molar-refractivity contribution in [1.29, 1.82) is 0 Å². The van der Waals surface area contributed by atoms with Crippen molar-refractivity contribution in [2.45, 2.75) is 143 Å². The van der Waals surface area contributed by atoms with E-state index in [1.807, 2.05) is 0 Å². The highest BCUT2D eigenvalue weighted by atomic mass is 16.1. The number of hydrogen-bond acceptors (Lipinski definition) is 2. The molecule has 0 aliphatic rings. The molecule has 2 nitrogen and oxygen atoms in total. The fraction of sp³-hybridized carbons (Fsp3) is 0.917. The van der Waals surface area contributed by atoms with Crippen LogP contribution in [0.15, 0.2) is 0 Å². The zero-order chi connectivity index (χ0) is 19.9. The zero-order valence-electron chi connectivity index (χ0n) is 18.5. The molecule has 0 aromatic carbocycles. The van der Waals surface area contributed by atoms with Gasteiger partial charge in [0.2, 0.25) is 0 Å². The minimum absolute atomic E-state index is 0.339. The molecule has 0 saturated carbocycles. The topological polar surface area (TPSA) is 34.1 Å². The Morgan fingerprint density at radius 2 is 0.654 bits per heavy atom. The van der Waals surface area contributed by atoms with Gasteiger partial charge in [-0.3, -0.25) is 0 Å². The SMILES string of the molecule is CCCCCCCCCCC(C)=O.CCCCCCCCCCC(C)=O. The number of carbonyl (C=O) groups excluding carboxylic acids is 2. The normalized spacial score (nSPS) is 10.3. The predicted octanol–water partition coefficient (Wildman–Crippen LogP) is 8.21. The second-order valence-corrected chi connectivity index (χ2v) is 7.85. The molecule has 156 valence electrons. The van der Waals surface area contributed by atoms with E-state index in [9.17, 15) is 9.59 Å². The summed E-state index contributed by atoms with van der Waals surface area (Å²) in [6.07, 6.45) is 22.6. The van der Waals surface area contributed by atoms with Gasteiger partial charge in [0.15, 0.2) is 0 Å². The molecule has 0 bridgehead atoms. The summed E-state index contributed by atoms with van der Waals surface area (Å²) in [5.41, 5.74) is 0. The maximum atomic E-state index is 10.6. The Hall–Kier alpha value is -0.660. The van der Waals surface area contributed by atoms with Crippen LogP contribution in [0.2, 0.25) is 0 Å². The van der Waals surface area contributed by atoms with E-state index < -0.39 is 0 Å². The van der Waals surface area contributed by atoms with Crippen molar-refractivity contribution in [3.8, 4) is 0 Å². The third-order valence-corrected chi connectivity index (χ3v) is 4.76. The number of carbonyl (C=O) groups is 2. The summed E-state index contributed by atoms with van der Waals surface area (Å²) in [5, 5.41) is 0. The Bertz CT molecular complexity index is 267. The Kier molecular flexibility index (Phi) is 25.8. The van der Waals surface area contributed by atoms with E-state index in [1.165, 1.54) is 89.9 Å². The highest BCUT2D eigenvalue weighted by Crippen LogP contribution is 2.10. The summed E-state index contributed by atoms with van der Waals surface area (Å²) in [4.78, 5) is 21.2. The van der Waals surface area contributed by atoms with Crippen LogP contribution in [-0.4, -0.2) is 11.6 Å².